The first-order valence-corrected chi connectivity index (χ1v) is 18.9. The number of aliphatic hydroxyl groups is 2. The van der Waals surface area contributed by atoms with Crippen molar-refractivity contribution in [3.05, 3.63) is 60.7 Å². The van der Waals surface area contributed by atoms with E-state index in [1.807, 2.05) is 0 Å². The van der Waals surface area contributed by atoms with E-state index >= 15 is 0 Å². The predicted molar refractivity (Wildman–Crippen MR) is 173 cm³/mol. The topological polar surface area (TPSA) is 320 Å². The minimum atomic E-state index is -5.21. The molecule has 0 amide bonds. The van der Waals surface area contributed by atoms with Crippen molar-refractivity contribution in [1.82, 2.24) is 15.0 Å². The molecule has 55 heavy (non-hydrogen) atoms. The Balaban J connectivity index is 0.00000378. The van der Waals surface area contributed by atoms with Crippen molar-refractivity contribution in [2.45, 2.75) is 19.6 Å². The Kier molecular flexibility index (Phi) is 21.4. The minimum Gasteiger partial charge on any atom is -0.744 e. The van der Waals surface area contributed by atoms with Crippen LogP contribution in [0.3, 0.4) is 0 Å². The summed E-state index contributed by atoms with van der Waals surface area (Å²) < 4.78 is 111. The van der Waals surface area contributed by atoms with Crippen molar-refractivity contribution in [1.29, 1.82) is 0 Å². The van der Waals surface area contributed by atoms with Crippen LogP contribution < -0.4 is 139 Å². The van der Waals surface area contributed by atoms with Gasteiger partial charge in [0, 0.05) is 29.4 Å². The van der Waals surface area contributed by atoms with Crippen LogP contribution in [0.25, 0.3) is 21.5 Å². The molecule has 5 aromatic rings. The van der Waals surface area contributed by atoms with Crippen LogP contribution in [0.1, 0.15) is 0 Å². The predicted octanol–water partition coefficient (Wildman–Crippen LogP) is -11.6. The summed E-state index contributed by atoms with van der Waals surface area (Å²) in [6.07, 6.45) is 0. The first-order chi connectivity index (χ1) is 24.0. The summed E-state index contributed by atoms with van der Waals surface area (Å²) in [7, 11) is -15.4. The Morgan fingerprint density at radius 1 is 0.655 bits per heavy atom. The van der Waals surface area contributed by atoms with Crippen LogP contribution in [0.15, 0.2) is 80.2 Å². The monoisotopic (exact) mass is 874 g/mol. The third-order valence-electron chi connectivity index (χ3n) is 6.92. The van der Waals surface area contributed by atoms with Crippen molar-refractivity contribution < 1.29 is 182 Å². The zero-order valence-electron chi connectivity index (χ0n) is 29.3. The summed E-state index contributed by atoms with van der Waals surface area (Å²) in [4.78, 5) is 11.9. The average Bonchev–Trinajstić information content (AvgIpc) is 3.04. The Morgan fingerprint density at radius 2 is 1.13 bits per heavy atom. The van der Waals surface area contributed by atoms with Crippen LogP contribution in [-0.2, 0) is 39.7 Å². The average molecular weight is 875 g/mol. The van der Waals surface area contributed by atoms with E-state index in [9.17, 15) is 54.4 Å². The number of fused-ring (bicyclic) bond motifs is 2. The van der Waals surface area contributed by atoms with Gasteiger partial charge in [0.15, 0.2) is 0 Å². The molecule has 4 aromatic carbocycles. The second kappa shape index (κ2) is 22.3. The zero-order valence-corrected chi connectivity index (χ0v) is 40.6. The molecule has 0 spiro atoms. The van der Waals surface area contributed by atoms with Gasteiger partial charge in [0.1, 0.15) is 30.4 Å². The molecule has 0 saturated carbocycles. The maximum absolute atomic E-state index is 12.0. The molecule has 0 radical (unpaired) electrons. The Hall–Kier alpha value is -0.310. The molecule has 1 heterocycles. The molecule has 0 fully saturated rings. The van der Waals surface area contributed by atoms with Crippen molar-refractivity contribution in [2.24, 2.45) is 0 Å². The van der Waals surface area contributed by atoms with Gasteiger partial charge >= 0.3 is 118 Å². The first-order valence-electron chi connectivity index (χ1n) is 13.9. The van der Waals surface area contributed by atoms with Gasteiger partial charge < -0.3 is 44.7 Å². The van der Waals surface area contributed by atoms with Gasteiger partial charge in [-0.25, -0.2) is 25.3 Å². The van der Waals surface area contributed by atoms with Gasteiger partial charge in [-0.05, 0) is 70.1 Å². The third kappa shape index (κ3) is 13.9. The first kappa shape index (κ1) is 52.7. The molecule has 0 aliphatic rings. The van der Waals surface area contributed by atoms with E-state index in [2.05, 4.69) is 35.0 Å². The van der Waals surface area contributed by atoms with Crippen LogP contribution in [0, 0.1) is 0 Å². The summed E-state index contributed by atoms with van der Waals surface area (Å²) in [6.45, 7) is -0.795. The maximum atomic E-state index is 12.0. The van der Waals surface area contributed by atoms with Gasteiger partial charge in [-0.3, -0.25) is 5.04 Å². The molecule has 20 nitrogen and oxygen atoms in total. The minimum absolute atomic E-state index is 0. The van der Waals surface area contributed by atoms with Crippen LogP contribution in [-0.4, -0.2) is 90.4 Å². The number of aliphatic hydroxyl groups excluding tert-OH is 2. The molecular weight excluding hydrogens is 853 g/mol. The summed E-state index contributed by atoms with van der Waals surface area (Å²) in [5.41, 5.74) is 0.379. The number of rotatable bonds is 15. The second-order valence-electron chi connectivity index (χ2n) is 10.3. The standard InChI is InChI=1S/C27H26N6O14S4.4Na/c34-7-5-33(6-8-35)27-31-25(28-17-1-3-21-15(9-17)11-19(48-47-46-36)13-23(21)50(40,41)42)30-26(32-27)29-18-2-4-22-16(10-18)12-20(49(37,38)39)14-24(22)51(43,44)45;;;;/h1-4,9-14,34-36H,5-8H2,(H,37,38,39)(H,40,41,42)(H,43,44,45)(H2,28,29,30,31,32);;;;/q;4*+1/p-4. The van der Waals surface area contributed by atoms with E-state index in [-0.39, 0.29) is 200 Å². The van der Waals surface area contributed by atoms with Crippen molar-refractivity contribution >= 4 is 93.2 Å². The normalized spacial score (nSPS) is 11.5. The number of benzene rings is 4. The van der Waals surface area contributed by atoms with Gasteiger partial charge in [-0.2, -0.15) is 19.3 Å². The molecule has 0 atom stereocenters. The van der Waals surface area contributed by atoms with Gasteiger partial charge in [0.2, 0.25) is 17.8 Å². The molecule has 0 saturated heterocycles. The van der Waals surface area contributed by atoms with Gasteiger partial charge in [-0.15, -0.1) is 0 Å². The fraction of sp³-hybridized carbons (Fsp3) is 0.148. The van der Waals surface area contributed by atoms with E-state index in [1.54, 1.807) is 0 Å². The van der Waals surface area contributed by atoms with E-state index in [1.165, 1.54) is 47.4 Å². The summed E-state index contributed by atoms with van der Waals surface area (Å²) >= 11 is 0.360. The van der Waals surface area contributed by atoms with E-state index in [0.29, 0.717) is 18.1 Å². The molecule has 0 aliphatic heterocycles. The maximum Gasteiger partial charge on any atom is 1.00 e. The fourth-order valence-corrected chi connectivity index (χ4v) is 7.44. The van der Waals surface area contributed by atoms with Crippen LogP contribution >= 0.6 is 12.0 Å². The molecule has 4 N–H and O–H groups in total. The number of aromatic nitrogens is 3. The quantitative estimate of drug-likeness (QED) is 0.0249. The fourth-order valence-electron chi connectivity index (χ4n) is 4.86. The van der Waals surface area contributed by atoms with E-state index < -0.39 is 45.0 Å². The molecule has 0 bridgehead atoms. The number of nitrogens with one attached hydrogen (secondary N) is 2. The largest absolute Gasteiger partial charge is 1.00 e. The molecule has 272 valence electrons. The van der Waals surface area contributed by atoms with E-state index in [4.69, 9.17) is 0 Å². The Morgan fingerprint density at radius 3 is 1.56 bits per heavy atom. The third-order valence-corrected chi connectivity index (χ3v) is 10.0. The zero-order chi connectivity index (χ0) is 37.1. The van der Waals surface area contributed by atoms with Crippen molar-refractivity contribution in [2.75, 3.05) is 41.8 Å². The van der Waals surface area contributed by atoms with Crippen LogP contribution in [0.5, 0.6) is 0 Å². The number of anilines is 5. The van der Waals surface area contributed by atoms with Gasteiger partial charge in [0.25, 0.3) is 0 Å². The smallest absolute Gasteiger partial charge is 0.744 e. The Bertz CT molecular complexity index is 2470. The molecular formula is C27H22N6Na4O14S4. The second-order valence-corrected chi connectivity index (χ2v) is 15.1. The summed E-state index contributed by atoms with van der Waals surface area (Å²) in [6, 6.07) is 11.7. The SMILES string of the molecule is O=S(=O)([O-])c1cc(S(=O)(=O)[O-])c2ccc(Nc3nc(Nc4ccc5c(S(=O)(=O)[O-])cc(SOO[O-])cc5c4)nc(N(CCO)CCO)n3)cc2c1.[Na+].[Na+].[Na+].[Na+]. The van der Waals surface area contributed by atoms with Gasteiger partial charge in [0.05, 0.1) is 39.9 Å². The Labute approximate surface area is 406 Å². The molecule has 5 rings (SSSR count). The van der Waals surface area contributed by atoms with Gasteiger partial charge in [-0.1, -0.05) is 12.1 Å². The molecule has 1 aromatic heterocycles. The van der Waals surface area contributed by atoms with Crippen molar-refractivity contribution in [3.8, 4) is 0 Å². The summed E-state index contributed by atoms with van der Waals surface area (Å²) in [5, 5.41) is 38.5. The molecule has 0 unspecified atom stereocenters. The molecule has 0 aliphatic carbocycles. The van der Waals surface area contributed by atoms with Crippen LogP contribution in [0.4, 0.5) is 29.2 Å². The number of nitrogens with zero attached hydrogens (tertiary/aromatic N) is 4. The number of hydrogen-bond donors (Lipinski definition) is 4. The molecule has 28 heteroatoms. The van der Waals surface area contributed by atoms with E-state index in [0.717, 1.165) is 12.1 Å². The summed E-state index contributed by atoms with van der Waals surface area (Å²) in [5.74, 6) is -0.387. The van der Waals surface area contributed by atoms with Crippen molar-refractivity contribution in [3.63, 3.8) is 0 Å². The number of hydrogen-bond acceptors (Lipinski definition) is 21. The van der Waals surface area contributed by atoms with Crippen LogP contribution in [0.2, 0.25) is 0 Å².